The minimum Gasteiger partial charge on any atom is -0.371 e. The maximum Gasteiger partial charge on any atom is 0.261 e. The Morgan fingerprint density at radius 3 is 2.19 bits per heavy atom. The number of benzene rings is 1. The average molecular weight is 217 g/mol. The molecule has 2 amide bonds. The number of nitrogens with zero attached hydrogens (tertiary/aromatic N) is 1. The fourth-order valence-electron chi connectivity index (χ4n) is 2.08. The van der Waals surface area contributed by atoms with Crippen LogP contribution < -0.4 is 0 Å². The standard InChI is InChI=1S/C12H11NO3/c1-7(10-6-16-10)13-11(14)8-4-2-3-5-9(8)12(13)15/h2-5,7,10H,6H2,1H3/t7?,10-/m0/s1. The molecule has 1 fully saturated rings. The number of rotatable bonds is 2. The van der Waals surface area contributed by atoms with Crippen molar-refractivity contribution >= 4 is 11.8 Å². The molecule has 0 N–H and O–H groups in total. The largest absolute Gasteiger partial charge is 0.371 e. The maximum atomic E-state index is 12.0. The van der Waals surface area contributed by atoms with E-state index in [-0.39, 0.29) is 24.0 Å². The van der Waals surface area contributed by atoms with Crippen molar-refractivity contribution in [2.75, 3.05) is 6.61 Å². The van der Waals surface area contributed by atoms with Crippen molar-refractivity contribution < 1.29 is 14.3 Å². The second-order valence-electron chi connectivity index (χ2n) is 4.14. The second kappa shape index (κ2) is 3.15. The molecular weight excluding hydrogens is 206 g/mol. The molecule has 82 valence electrons. The van der Waals surface area contributed by atoms with Crippen LogP contribution in [0.1, 0.15) is 27.6 Å². The molecule has 2 aliphatic heterocycles. The summed E-state index contributed by atoms with van der Waals surface area (Å²) in [6.45, 7) is 2.48. The number of imide groups is 1. The summed E-state index contributed by atoms with van der Waals surface area (Å²) < 4.78 is 5.13. The molecule has 3 rings (SSSR count). The van der Waals surface area contributed by atoms with Crippen molar-refractivity contribution in [3.05, 3.63) is 35.4 Å². The predicted molar refractivity (Wildman–Crippen MR) is 56.1 cm³/mol. The normalized spacial score (nSPS) is 24.6. The van der Waals surface area contributed by atoms with Crippen molar-refractivity contribution in [2.24, 2.45) is 0 Å². The van der Waals surface area contributed by atoms with Crippen molar-refractivity contribution in [1.82, 2.24) is 4.90 Å². The Balaban J connectivity index is 2.00. The molecule has 1 aromatic carbocycles. The van der Waals surface area contributed by atoms with E-state index >= 15 is 0 Å². The molecule has 4 nitrogen and oxygen atoms in total. The molecule has 0 saturated carbocycles. The molecule has 0 radical (unpaired) electrons. The Hall–Kier alpha value is -1.68. The first-order valence-electron chi connectivity index (χ1n) is 5.28. The van der Waals surface area contributed by atoms with Gasteiger partial charge in [-0.3, -0.25) is 14.5 Å². The van der Waals surface area contributed by atoms with Crippen LogP contribution in [0.15, 0.2) is 24.3 Å². The smallest absolute Gasteiger partial charge is 0.261 e. The van der Waals surface area contributed by atoms with Crippen LogP contribution >= 0.6 is 0 Å². The van der Waals surface area contributed by atoms with Crippen LogP contribution in [0.2, 0.25) is 0 Å². The summed E-state index contributed by atoms with van der Waals surface area (Å²) in [6, 6.07) is 6.75. The molecule has 1 aromatic rings. The first-order chi connectivity index (χ1) is 7.70. The van der Waals surface area contributed by atoms with Gasteiger partial charge in [0, 0.05) is 0 Å². The van der Waals surface area contributed by atoms with Gasteiger partial charge in [0.05, 0.1) is 23.8 Å². The Bertz CT molecular complexity index is 444. The van der Waals surface area contributed by atoms with Gasteiger partial charge in [0.2, 0.25) is 0 Å². The van der Waals surface area contributed by atoms with E-state index in [9.17, 15) is 9.59 Å². The van der Waals surface area contributed by atoms with Gasteiger partial charge in [0.1, 0.15) is 6.10 Å². The van der Waals surface area contributed by atoms with Crippen LogP contribution in [0.3, 0.4) is 0 Å². The summed E-state index contributed by atoms with van der Waals surface area (Å²) in [7, 11) is 0. The molecule has 0 bridgehead atoms. The van der Waals surface area contributed by atoms with Gasteiger partial charge < -0.3 is 4.74 Å². The van der Waals surface area contributed by atoms with E-state index in [0.29, 0.717) is 17.7 Å². The number of hydrogen-bond acceptors (Lipinski definition) is 3. The van der Waals surface area contributed by atoms with Crippen LogP contribution in [-0.2, 0) is 4.74 Å². The summed E-state index contributed by atoms with van der Waals surface area (Å²) in [4.78, 5) is 25.4. The minimum atomic E-state index is -0.205. The van der Waals surface area contributed by atoms with Crippen molar-refractivity contribution in [2.45, 2.75) is 19.1 Å². The van der Waals surface area contributed by atoms with Gasteiger partial charge >= 0.3 is 0 Å². The number of carbonyl (C=O) groups excluding carboxylic acids is 2. The summed E-state index contributed by atoms with van der Waals surface area (Å²) in [5.41, 5.74) is 1.00. The zero-order chi connectivity index (χ0) is 11.3. The Morgan fingerprint density at radius 1 is 1.25 bits per heavy atom. The zero-order valence-corrected chi connectivity index (χ0v) is 8.84. The molecule has 0 aromatic heterocycles. The lowest BCUT2D eigenvalue weighted by Gasteiger charge is -2.20. The van der Waals surface area contributed by atoms with E-state index in [2.05, 4.69) is 0 Å². The molecular formula is C12H11NO3. The summed E-state index contributed by atoms with van der Waals surface area (Å²) >= 11 is 0. The molecule has 4 heteroatoms. The number of amides is 2. The molecule has 1 unspecified atom stereocenters. The number of hydrogen-bond donors (Lipinski definition) is 0. The molecule has 0 spiro atoms. The molecule has 2 aliphatic rings. The first-order valence-corrected chi connectivity index (χ1v) is 5.28. The maximum absolute atomic E-state index is 12.0. The lowest BCUT2D eigenvalue weighted by Crippen LogP contribution is -2.41. The fourth-order valence-corrected chi connectivity index (χ4v) is 2.08. The molecule has 1 saturated heterocycles. The van der Waals surface area contributed by atoms with Gasteiger partial charge in [-0.05, 0) is 19.1 Å². The Morgan fingerprint density at radius 2 is 1.75 bits per heavy atom. The van der Waals surface area contributed by atoms with Gasteiger partial charge in [-0.1, -0.05) is 12.1 Å². The number of carbonyl (C=O) groups is 2. The third-order valence-electron chi connectivity index (χ3n) is 3.13. The second-order valence-corrected chi connectivity index (χ2v) is 4.14. The molecule has 0 aliphatic carbocycles. The highest BCUT2D eigenvalue weighted by Gasteiger charge is 2.44. The summed E-state index contributed by atoms with van der Waals surface area (Å²) in [5, 5.41) is 0. The molecule has 2 heterocycles. The lowest BCUT2D eigenvalue weighted by molar-refractivity contribution is 0.0572. The predicted octanol–water partition coefficient (Wildman–Crippen LogP) is 1.07. The SMILES string of the molecule is CC([C@@H]1CO1)N1C(=O)c2ccccc2C1=O. The highest BCUT2D eigenvalue weighted by Crippen LogP contribution is 2.28. The van der Waals surface area contributed by atoms with E-state index in [1.807, 2.05) is 6.92 Å². The van der Waals surface area contributed by atoms with E-state index in [1.165, 1.54) is 4.90 Å². The van der Waals surface area contributed by atoms with Gasteiger partial charge in [-0.2, -0.15) is 0 Å². The monoisotopic (exact) mass is 217 g/mol. The summed E-state index contributed by atoms with van der Waals surface area (Å²) in [5.74, 6) is -0.410. The number of epoxide rings is 1. The minimum absolute atomic E-state index is 0.0159. The van der Waals surface area contributed by atoms with Crippen LogP contribution in [-0.4, -0.2) is 35.5 Å². The Kier molecular flexibility index (Phi) is 1.88. The third-order valence-corrected chi connectivity index (χ3v) is 3.13. The topological polar surface area (TPSA) is 49.9 Å². The van der Waals surface area contributed by atoms with E-state index < -0.39 is 0 Å². The molecule has 16 heavy (non-hydrogen) atoms. The van der Waals surface area contributed by atoms with Crippen molar-refractivity contribution in [3.63, 3.8) is 0 Å². The van der Waals surface area contributed by atoms with Gasteiger partial charge in [-0.25, -0.2) is 0 Å². The fraction of sp³-hybridized carbons (Fsp3) is 0.333. The third kappa shape index (κ3) is 1.20. The summed E-state index contributed by atoms with van der Waals surface area (Å²) in [6.07, 6.45) is 0.0159. The van der Waals surface area contributed by atoms with Gasteiger partial charge in [0.25, 0.3) is 11.8 Å². The van der Waals surface area contributed by atoms with E-state index in [4.69, 9.17) is 4.74 Å². The van der Waals surface area contributed by atoms with Crippen LogP contribution in [0.5, 0.6) is 0 Å². The first kappa shape index (κ1) is 9.54. The van der Waals surface area contributed by atoms with Crippen LogP contribution in [0.4, 0.5) is 0 Å². The highest BCUT2D eigenvalue weighted by atomic mass is 16.6. The molecule has 2 atom stereocenters. The Labute approximate surface area is 92.8 Å². The van der Waals surface area contributed by atoms with E-state index in [1.54, 1.807) is 24.3 Å². The zero-order valence-electron chi connectivity index (χ0n) is 8.84. The lowest BCUT2D eigenvalue weighted by atomic mass is 10.1. The van der Waals surface area contributed by atoms with Crippen molar-refractivity contribution in [1.29, 1.82) is 0 Å². The van der Waals surface area contributed by atoms with Crippen LogP contribution in [0, 0.1) is 0 Å². The van der Waals surface area contributed by atoms with Gasteiger partial charge in [0.15, 0.2) is 0 Å². The number of fused-ring (bicyclic) bond motifs is 1. The quantitative estimate of drug-likeness (QED) is 0.550. The van der Waals surface area contributed by atoms with Crippen LogP contribution in [0.25, 0.3) is 0 Å². The average Bonchev–Trinajstić information content (AvgIpc) is 3.09. The van der Waals surface area contributed by atoms with Crippen molar-refractivity contribution in [3.8, 4) is 0 Å². The number of ether oxygens (including phenoxy) is 1. The van der Waals surface area contributed by atoms with Gasteiger partial charge in [-0.15, -0.1) is 0 Å². The highest BCUT2D eigenvalue weighted by molar-refractivity contribution is 6.21. The van der Waals surface area contributed by atoms with E-state index in [0.717, 1.165) is 0 Å².